The van der Waals surface area contributed by atoms with E-state index in [-0.39, 0.29) is 48.1 Å². The molecule has 0 spiro atoms. The minimum absolute atomic E-state index is 0.00380. The summed E-state index contributed by atoms with van der Waals surface area (Å²) in [5, 5.41) is 2.82. The Hall–Kier alpha value is -1.35. The maximum Gasteiger partial charge on any atom is 0.317 e. The molecule has 0 unspecified atom stereocenters. The van der Waals surface area contributed by atoms with Crippen molar-refractivity contribution in [3.05, 3.63) is 0 Å². The van der Waals surface area contributed by atoms with Gasteiger partial charge in [0.05, 0.1) is 24.1 Å². The first-order valence-corrected chi connectivity index (χ1v) is 9.64. The minimum atomic E-state index is -3.20. The van der Waals surface area contributed by atoms with Crippen LogP contribution in [0.15, 0.2) is 0 Å². The Balaban J connectivity index is 2.16. The summed E-state index contributed by atoms with van der Waals surface area (Å²) in [6.07, 6.45) is 0. The quantitative estimate of drug-likeness (QED) is 0.706. The second kappa shape index (κ2) is 6.64. The Morgan fingerprint density at radius 3 is 2.35 bits per heavy atom. The van der Waals surface area contributed by atoms with Gasteiger partial charge in [-0.1, -0.05) is 0 Å². The number of carbonyl (C=O) groups excluding carboxylic acids is 2. The van der Waals surface area contributed by atoms with Crippen molar-refractivity contribution < 1.29 is 18.0 Å². The van der Waals surface area contributed by atoms with Crippen LogP contribution in [0.1, 0.15) is 13.8 Å². The number of hydrogen-bond acceptors (Lipinski definition) is 5. The van der Waals surface area contributed by atoms with Crippen LogP contribution < -0.4 is 5.32 Å². The van der Waals surface area contributed by atoms with Gasteiger partial charge >= 0.3 is 6.03 Å². The molecule has 0 radical (unpaired) electrons. The standard InChI is InChI=1S/C14H26N4O4S/c1-10(2)15-14(20)18-6-5-17(7-13(19)16(3)4)11-8-23(21,22)9-12(11)18/h10-12H,5-9H2,1-4H3,(H,15,20)/t11-,12+/m0/s1. The summed E-state index contributed by atoms with van der Waals surface area (Å²) in [6.45, 7) is 4.85. The molecule has 8 nitrogen and oxygen atoms in total. The lowest BCUT2D eigenvalue weighted by atomic mass is 10.1. The largest absolute Gasteiger partial charge is 0.348 e. The molecule has 0 aromatic heterocycles. The van der Waals surface area contributed by atoms with Gasteiger partial charge in [0.2, 0.25) is 5.91 Å². The molecule has 2 rings (SSSR count). The summed E-state index contributed by atoms with van der Waals surface area (Å²) in [5.74, 6) is -0.0900. The third kappa shape index (κ3) is 4.14. The van der Waals surface area contributed by atoms with E-state index in [1.165, 1.54) is 4.90 Å². The summed E-state index contributed by atoms with van der Waals surface area (Å²) in [4.78, 5) is 29.3. The van der Waals surface area contributed by atoms with Crippen LogP contribution in [0.5, 0.6) is 0 Å². The number of fused-ring (bicyclic) bond motifs is 1. The smallest absolute Gasteiger partial charge is 0.317 e. The Bertz CT molecular complexity index is 575. The first kappa shape index (κ1) is 18.0. The van der Waals surface area contributed by atoms with Gasteiger partial charge in [-0.2, -0.15) is 0 Å². The molecular formula is C14H26N4O4S. The Morgan fingerprint density at radius 1 is 1.17 bits per heavy atom. The Labute approximate surface area is 137 Å². The average molecular weight is 346 g/mol. The van der Waals surface area contributed by atoms with Crippen LogP contribution in [0.3, 0.4) is 0 Å². The van der Waals surface area contributed by atoms with Crippen molar-refractivity contribution in [2.45, 2.75) is 32.0 Å². The van der Waals surface area contributed by atoms with Gasteiger partial charge in [0.15, 0.2) is 9.84 Å². The summed E-state index contributed by atoms with van der Waals surface area (Å²) in [5.41, 5.74) is 0. The van der Waals surface area contributed by atoms with Crippen molar-refractivity contribution >= 4 is 21.8 Å². The van der Waals surface area contributed by atoms with E-state index in [0.717, 1.165) is 0 Å². The molecule has 2 fully saturated rings. The molecule has 0 aliphatic carbocycles. The molecule has 2 aliphatic heterocycles. The highest BCUT2D eigenvalue weighted by Gasteiger charge is 2.48. The maximum atomic E-state index is 12.3. The fraction of sp³-hybridized carbons (Fsp3) is 0.857. The zero-order valence-electron chi connectivity index (χ0n) is 14.2. The highest BCUT2D eigenvalue weighted by molar-refractivity contribution is 7.91. The lowest BCUT2D eigenvalue weighted by Crippen LogP contribution is -2.63. The molecule has 132 valence electrons. The molecule has 2 atom stereocenters. The molecule has 2 aliphatic rings. The van der Waals surface area contributed by atoms with Crippen LogP contribution in [0.2, 0.25) is 0 Å². The molecule has 0 saturated carbocycles. The zero-order valence-corrected chi connectivity index (χ0v) is 15.0. The fourth-order valence-electron chi connectivity index (χ4n) is 3.12. The van der Waals surface area contributed by atoms with Crippen molar-refractivity contribution in [3.63, 3.8) is 0 Å². The van der Waals surface area contributed by atoms with Crippen molar-refractivity contribution in [3.8, 4) is 0 Å². The predicted molar refractivity (Wildman–Crippen MR) is 86.9 cm³/mol. The molecule has 2 heterocycles. The molecule has 0 aromatic carbocycles. The highest BCUT2D eigenvalue weighted by Crippen LogP contribution is 2.27. The average Bonchev–Trinajstić information content (AvgIpc) is 2.73. The van der Waals surface area contributed by atoms with Crippen LogP contribution in [-0.4, -0.2) is 98.4 Å². The molecular weight excluding hydrogens is 320 g/mol. The van der Waals surface area contributed by atoms with E-state index in [1.54, 1.807) is 19.0 Å². The first-order chi connectivity index (χ1) is 10.6. The van der Waals surface area contributed by atoms with Gasteiger partial charge in [-0.25, -0.2) is 13.2 Å². The highest BCUT2D eigenvalue weighted by atomic mass is 32.2. The van der Waals surface area contributed by atoms with Crippen molar-refractivity contribution in [2.24, 2.45) is 0 Å². The third-order valence-electron chi connectivity index (χ3n) is 4.30. The minimum Gasteiger partial charge on any atom is -0.348 e. The summed E-state index contributed by atoms with van der Waals surface area (Å²) < 4.78 is 24.1. The van der Waals surface area contributed by atoms with Gasteiger partial charge in [0.25, 0.3) is 0 Å². The first-order valence-electron chi connectivity index (χ1n) is 7.82. The van der Waals surface area contributed by atoms with E-state index < -0.39 is 9.84 Å². The van der Waals surface area contributed by atoms with Crippen LogP contribution in [0.4, 0.5) is 4.79 Å². The van der Waals surface area contributed by atoms with Gasteiger partial charge in [-0.15, -0.1) is 0 Å². The number of piperazine rings is 1. The van der Waals surface area contributed by atoms with Gasteiger partial charge in [-0.05, 0) is 13.8 Å². The Morgan fingerprint density at radius 2 is 1.78 bits per heavy atom. The maximum absolute atomic E-state index is 12.3. The van der Waals surface area contributed by atoms with Crippen molar-refractivity contribution in [2.75, 3.05) is 45.2 Å². The van der Waals surface area contributed by atoms with Crippen LogP contribution in [-0.2, 0) is 14.6 Å². The SMILES string of the molecule is CC(C)NC(=O)N1CCN(CC(=O)N(C)C)[C@H]2CS(=O)(=O)C[C@H]21. The van der Waals surface area contributed by atoms with Crippen LogP contribution in [0, 0.1) is 0 Å². The zero-order chi connectivity index (χ0) is 17.4. The number of nitrogens with zero attached hydrogens (tertiary/aromatic N) is 3. The molecule has 23 heavy (non-hydrogen) atoms. The van der Waals surface area contributed by atoms with E-state index in [4.69, 9.17) is 0 Å². The van der Waals surface area contributed by atoms with Gasteiger partial charge in [0.1, 0.15) is 0 Å². The van der Waals surface area contributed by atoms with E-state index in [1.807, 2.05) is 18.7 Å². The van der Waals surface area contributed by atoms with Crippen LogP contribution in [0.25, 0.3) is 0 Å². The number of rotatable bonds is 3. The number of sulfone groups is 1. The molecule has 1 N–H and O–H groups in total. The van der Waals surface area contributed by atoms with Crippen molar-refractivity contribution in [1.29, 1.82) is 0 Å². The summed E-state index contributed by atoms with van der Waals surface area (Å²) in [7, 11) is 0.155. The normalized spacial score (nSPS) is 26.9. The third-order valence-corrected chi connectivity index (χ3v) is 6.00. The second-order valence-electron chi connectivity index (χ2n) is 6.77. The van der Waals surface area contributed by atoms with E-state index in [0.29, 0.717) is 13.1 Å². The second-order valence-corrected chi connectivity index (χ2v) is 8.92. The molecule has 0 aromatic rings. The number of carbonyl (C=O) groups is 2. The van der Waals surface area contributed by atoms with Gasteiger partial charge in [-0.3, -0.25) is 9.69 Å². The number of nitrogens with one attached hydrogen (secondary N) is 1. The van der Waals surface area contributed by atoms with E-state index >= 15 is 0 Å². The lowest BCUT2D eigenvalue weighted by Gasteiger charge is -2.43. The monoisotopic (exact) mass is 346 g/mol. The van der Waals surface area contributed by atoms with E-state index in [9.17, 15) is 18.0 Å². The predicted octanol–water partition coefficient (Wildman–Crippen LogP) is -1.02. The summed E-state index contributed by atoms with van der Waals surface area (Å²) >= 11 is 0. The van der Waals surface area contributed by atoms with Crippen molar-refractivity contribution in [1.82, 2.24) is 20.0 Å². The Kier molecular flexibility index (Phi) is 5.20. The summed E-state index contributed by atoms with van der Waals surface area (Å²) in [6, 6.07) is -0.934. The molecule has 0 bridgehead atoms. The van der Waals surface area contributed by atoms with Gasteiger partial charge < -0.3 is 15.1 Å². The number of amides is 3. The molecule has 2 saturated heterocycles. The van der Waals surface area contributed by atoms with Crippen LogP contribution >= 0.6 is 0 Å². The number of hydrogen-bond donors (Lipinski definition) is 1. The number of urea groups is 1. The van der Waals surface area contributed by atoms with E-state index in [2.05, 4.69) is 5.32 Å². The lowest BCUT2D eigenvalue weighted by molar-refractivity contribution is -0.131. The number of likely N-dealkylation sites (N-methyl/N-ethyl adjacent to an activating group) is 1. The molecule has 9 heteroatoms. The topological polar surface area (TPSA) is 90.0 Å². The fourth-order valence-corrected chi connectivity index (χ4v) is 5.13. The molecule has 3 amide bonds. The van der Waals surface area contributed by atoms with Gasteiger partial charge in [0, 0.05) is 39.3 Å².